The molecular formula is C8H16BrN5O. The molecule has 1 aromatic rings. The molecule has 0 radical (unpaired) electrons. The van der Waals surface area contributed by atoms with Gasteiger partial charge in [-0.2, -0.15) is 0 Å². The van der Waals surface area contributed by atoms with E-state index in [-0.39, 0.29) is 6.04 Å². The molecular weight excluding hydrogens is 262 g/mol. The Balaban J connectivity index is 3.13. The van der Waals surface area contributed by atoms with E-state index in [1.165, 1.54) is 0 Å². The molecule has 1 heterocycles. The molecule has 6 nitrogen and oxygen atoms in total. The minimum Gasteiger partial charge on any atom is -0.377 e. The molecule has 15 heavy (non-hydrogen) atoms. The number of hydrogen-bond donors (Lipinski definition) is 2. The molecule has 86 valence electrons. The molecule has 0 saturated carbocycles. The van der Waals surface area contributed by atoms with Crippen LogP contribution in [-0.4, -0.2) is 27.7 Å². The lowest BCUT2D eigenvalue weighted by Crippen LogP contribution is -2.45. The molecule has 0 spiro atoms. The molecule has 0 aromatic carbocycles. The molecule has 3 N–H and O–H groups in total. The van der Waals surface area contributed by atoms with Gasteiger partial charge < -0.3 is 4.74 Å². The molecule has 0 amide bonds. The monoisotopic (exact) mass is 277 g/mol. The van der Waals surface area contributed by atoms with Crippen LogP contribution in [0.2, 0.25) is 0 Å². The van der Waals surface area contributed by atoms with Crippen molar-refractivity contribution in [2.75, 3.05) is 7.11 Å². The van der Waals surface area contributed by atoms with Gasteiger partial charge in [-0.25, -0.2) is 10.1 Å². The number of hydrogen-bond acceptors (Lipinski definition) is 5. The normalized spacial score (nSPS) is 14.3. The highest BCUT2D eigenvalue weighted by Gasteiger charge is 2.34. The van der Waals surface area contributed by atoms with E-state index in [0.717, 1.165) is 5.69 Å². The second-order valence-electron chi connectivity index (χ2n) is 3.80. The van der Waals surface area contributed by atoms with Crippen molar-refractivity contribution in [3.05, 3.63) is 10.3 Å². The van der Waals surface area contributed by atoms with Crippen LogP contribution in [0.5, 0.6) is 0 Å². The van der Waals surface area contributed by atoms with Gasteiger partial charge in [0.1, 0.15) is 0 Å². The zero-order valence-electron chi connectivity index (χ0n) is 9.28. The largest absolute Gasteiger partial charge is 0.377 e. The first-order valence-electron chi connectivity index (χ1n) is 4.50. The number of nitrogens with two attached hydrogens (primary N) is 1. The van der Waals surface area contributed by atoms with Gasteiger partial charge in [-0.3, -0.25) is 5.84 Å². The van der Waals surface area contributed by atoms with E-state index >= 15 is 0 Å². The second-order valence-corrected chi connectivity index (χ2v) is 4.55. The van der Waals surface area contributed by atoms with Crippen LogP contribution in [0.1, 0.15) is 25.6 Å². The van der Waals surface area contributed by atoms with Gasteiger partial charge in [-0.05, 0) is 29.8 Å². The number of aryl methyl sites for hydroxylation is 1. The summed E-state index contributed by atoms with van der Waals surface area (Å²) in [6, 6.07) is -0.197. The zero-order chi connectivity index (χ0) is 11.6. The van der Waals surface area contributed by atoms with Crippen LogP contribution in [0.15, 0.2) is 4.60 Å². The minimum atomic E-state index is -0.452. The van der Waals surface area contributed by atoms with Gasteiger partial charge in [0.15, 0.2) is 4.60 Å². The Kier molecular flexibility index (Phi) is 3.82. The van der Waals surface area contributed by atoms with Gasteiger partial charge in [-0.1, -0.05) is 5.21 Å². The molecule has 0 aliphatic rings. The quantitative estimate of drug-likeness (QED) is 0.619. The smallest absolute Gasteiger partial charge is 0.153 e. The third-order valence-electron chi connectivity index (χ3n) is 2.49. The topological polar surface area (TPSA) is 78.0 Å². The predicted molar refractivity (Wildman–Crippen MR) is 59.9 cm³/mol. The number of ether oxygens (including phenoxy) is 1. The zero-order valence-corrected chi connectivity index (χ0v) is 10.9. The summed E-state index contributed by atoms with van der Waals surface area (Å²) in [6.45, 7) is 3.88. The van der Waals surface area contributed by atoms with Crippen molar-refractivity contribution in [3.63, 3.8) is 0 Å². The molecule has 0 fully saturated rings. The summed E-state index contributed by atoms with van der Waals surface area (Å²) >= 11 is 3.33. The first-order valence-corrected chi connectivity index (χ1v) is 5.29. The number of halogens is 1. The average Bonchev–Trinajstić information content (AvgIpc) is 2.50. The maximum Gasteiger partial charge on any atom is 0.153 e. The molecule has 0 saturated heterocycles. The molecule has 7 heteroatoms. The number of aromatic nitrogens is 3. The van der Waals surface area contributed by atoms with Crippen molar-refractivity contribution in [2.45, 2.75) is 25.5 Å². The SMILES string of the molecule is COC(C)(C)C(NN)c1c(Br)nnn1C. The van der Waals surface area contributed by atoms with Gasteiger partial charge in [-0.15, -0.1) is 5.10 Å². The van der Waals surface area contributed by atoms with Crippen LogP contribution in [0.4, 0.5) is 0 Å². The predicted octanol–water partition coefficient (Wildman–Crippen LogP) is 0.507. The van der Waals surface area contributed by atoms with E-state index in [0.29, 0.717) is 4.60 Å². The lowest BCUT2D eigenvalue weighted by atomic mass is 9.96. The highest BCUT2D eigenvalue weighted by atomic mass is 79.9. The number of nitrogens with zero attached hydrogens (tertiary/aromatic N) is 3. The van der Waals surface area contributed by atoms with E-state index in [2.05, 4.69) is 31.7 Å². The third kappa shape index (κ3) is 2.36. The summed E-state index contributed by atoms with van der Waals surface area (Å²) < 4.78 is 7.72. The van der Waals surface area contributed by atoms with E-state index in [9.17, 15) is 0 Å². The summed E-state index contributed by atoms with van der Waals surface area (Å²) in [5, 5.41) is 7.81. The van der Waals surface area contributed by atoms with Gasteiger partial charge in [0.25, 0.3) is 0 Å². The Hall–Kier alpha value is -0.500. The first kappa shape index (κ1) is 12.6. The second kappa shape index (κ2) is 4.56. The molecule has 1 atom stereocenters. The Labute approximate surface area is 97.3 Å². The van der Waals surface area contributed by atoms with Crippen LogP contribution in [0.25, 0.3) is 0 Å². The van der Waals surface area contributed by atoms with Crippen LogP contribution < -0.4 is 11.3 Å². The van der Waals surface area contributed by atoms with Gasteiger partial charge in [0.05, 0.1) is 17.3 Å². The summed E-state index contributed by atoms with van der Waals surface area (Å²) in [4.78, 5) is 0. The first-order chi connectivity index (χ1) is 6.94. The van der Waals surface area contributed by atoms with Crippen molar-refractivity contribution in [1.82, 2.24) is 20.4 Å². The van der Waals surface area contributed by atoms with E-state index < -0.39 is 5.60 Å². The molecule has 0 bridgehead atoms. The Morgan fingerprint density at radius 2 is 2.20 bits per heavy atom. The molecule has 1 rings (SSSR count). The fourth-order valence-corrected chi connectivity index (χ4v) is 1.93. The van der Waals surface area contributed by atoms with Crippen LogP contribution in [0.3, 0.4) is 0 Å². The summed E-state index contributed by atoms with van der Waals surface area (Å²) in [7, 11) is 3.45. The highest BCUT2D eigenvalue weighted by Crippen LogP contribution is 2.30. The highest BCUT2D eigenvalue weighted by molar-refractivity contribution is 9.10. The van der Waals surface area contributed by atoms with Crippen molar-refractivity contribution in [3.8, 4) is 0 Å². The molecule has 1 aromatic heterocycles. The van der Waals surface area contributed by atoms with Crippen LogP contribution >= 0.6 is 15.9 Å². The van der Waals surface area contributed by atoms with E-state index in [4.69, 9.17) is 10.6 Å². The van der Waals surface area contributed by atoms with Crippen molar-refractivity contribution >= 4 is 15.9 Å². The summed E-state index contributed by atoms with van der Waals surface area (Å²) in [5.74, 6) is 5.54. The molecule has 0 aliphatic carbocycles. The van der Waals surface area contributed by atoms with Gasteiger partial charge in [0, 0.05) is 14.2 Å². The van der Waals surface area contributed by atoms with Crippen molar-refractivity contribution < 1.29 is 4.74 Å². The Bertz CT molecular complexity index is 318. The lowest BCUT2D eigenvalue weighted by Gasteiger charge is -2.32. The lowest BCUT2D eigenvalue weighted by molar-refractivity contribution is -0.0135. The number of hydrazine groups is 1. The Morgan fingerprint density at radius 3 is 2.53 bits per heavy atom. The maximum absolute atomic E-state index is 5.54. The van der Waals surface area contributed by atoms with Crippen molar-refractivity contribution in [2.24, 2.45) is 12.9 Å². The van der Waals surface area contributed by atoms with Crippen molar-refractivity contribution in [1.29, 1.82) is 0 Å². The number of rotatable bonds is 4. The van der Waals surface area contributed by atoms with Gasteiger partial charge in [0.2, 0.25) is 0 Å². The van der Waals surface area contributed by atoms with E-state index in [1.807, 2.05) is 20.9 Å². The fraction of sp³-hybridized carbons (Fsp3) is 0.750. The standard InChI is InChI=1S/C8H16BrN5O/c1-8(2,15-4)6(11-10)5-7(9)12-13-14(5)3/h6,11H,10H2,1-4H3. The van der Waals surface area contributed by atoms with Gasteiger partial charge >= 0.3 is 0 Å². The minimum absolute atomic E-state index is 0.197. The van der Waals surface area contributed by atoms with Crippen LogP contribution in [-0.2, 0) is 11.8 Å². The Morgan fingerprint density at radius 1 is 1.60 bits per heavy atom. The number of nitrogens with one attached hydrogen (secondary N) is 1. The molecule has 0 aliphatic heterocycles. The number of methoxy groups -OCH3 is 1. The summed E-state index contributed by atoms with van der Waals surface area (Å²) in [6.07, 6.45) is 0. The fourth-order valence-electron chi connectivity index (χ4n) is 1.37. The third-order valence-corrected chi connectivity index (χ3v) is 3.05. The maximum atomic E-state index is 5.54. The average molecular weight is 278 g/mol. The molecule has 1 unspecified atom stereocenters. The van der Waals surface area contributed by atoms with E-state index in [1.54, 1.807) is 11.8 Å². The summed E-state index contributed by atoms with van der Waals surface area (Å²) in [5.41, 5.74) is 3.12. The van der Waals surface area contributed by atoms with Crippen LogP contribution in [0, 0.1) is 0 Å².